The molecular formula is C6H7N3O2. The van der Waals surface area contributed by atoms with Gasteiger partial charge in [0.1, 0.15) is 12.2 Å². The Morgan fingerprint density at radius 3 is 3.36 bits per heavy atom. The average molecular weight is 153 g/mol. The predicted octanol–water partition coefficient (Wildman–Crippen LogP) is -0.150. The highest BCUT2D eigenvalue weighted by molar-refractivity contribution is 5.72. The second-order valence-corrected chi connectivity index (χ2v) is 2.51. The van der Waals surface area contributed by atoms with Crippen molar-refractivity contribution in [1.29, 1.82) is 0 Å². The van der Waals surface area contributed by atoms with Crippen LogP contribution >= 0.6 is 0 Å². The van der Waals surface area contributed by atoms with Gasteiger partial charge in [0.2, 0.25) is 0 Å². The Balaban J connectivity index is 2.38. The summed E-state index contributed by atoms with van der Waals surface area (Å²) in [4.78, 5) is 14.5. The van der Waals surface area contributed by atoms with Crippen LogP contribution in [0, 0.1) is 0 Å². The van der Waals surface area contributed by atoms with Crippen molar-refractivity contribution >= 4 is 5.97 Å². The summed E-state index contributed by atoms with van der Waals surface area (Å²) >= 11 is 0. The molecule has 1 aromatic heterocycles. The fourth-order valence-corrected chi connectivity index (χ4v) is 1.33. The van der Waals surface area contributed by atoms with Gasteiger partial charge in [-0.3, -0.25) is 0 Å². The van der Waals surface area contributed by atoms with Gasteiger partial charge in [-0.1, -0.05) is 0 Å². The Kier molecular flexibility index (Phi) is 1.18. The lowest BCUT2D eigenvalue weighted by molar-refractivity contribution is -0.140. The number of fused-ring (bicyclic) bond motifs is 1. The van der Waals surface area contributed by atoms with Gasteiger partial charge in [-0.2, -0.15) is 5.10 Å². The highest BCUT2D eigenvalue weighted by Gasteiger charge is 2.29. The van der Waals surface area contributed by atoms with E-state index in [1.165, 1.54) is 11.0 Å². The molecule has 0 saturated carbocycles. The zero-order valence-corrected chi connectivity index (χ0v) is 5.77. The molecule has 0 bridgehead atoms. The number of nitrogens with zero attached hydrogens (tertiary/aromatic N) is 3. The molecule has 0 amide bonds. The van der Waals surface area contributed by atoms with Crippen molar-refractivity contribution in [1.82, 2.24) is 14.8 Å². The van der Waals surface area contributed by atoms with Crippen LogP contribution in [0.5, 0.6) is 0 Å². The minimum atomic E-state index is -0.825. The van der Waals surface area contributed by atoms with E-state index in [9.17, 15) is 4.79 Å². The summed E-state index contributed by atoms with van der Waals surface area (Å²) in [7, 11) is 0. The smallest absolute Gasteiger partial charge is 0.328 e. The number of rotatable bonds is 1. The van der Waals surface area contributed by atoms with Gasteiger partial charge in [-0.15, -0.1) is 0 Å². The van der Waals surface area contributed by atoms with Crippen LogP contribution in [0.4, 0.5) is 0 Å². The maximum Gasteiger partial charge on any atom is 0.328 e. The number of aliphatic carboxylic acids is 1. The van der Waals surface area contributed by atoms with Crippen molar-refractivity contribution < 1.29 is 9.90 Å². The molecule has 0 radical (unpaired) electrons. The van der Waals surface area contributed by atoms with Gasteiger partial charge in [0, 0.05) is 6.42 Å². The first-order valence-corrected chi connectivity index (χ1v) is 3.40. The predicted molar refractivity (Wildman–Crippen MR) is 35.0 cm³/mol. The summed E-state index contributed by atoms with van der Waals surface area (Å²) in [5.74, 6) is -0.0494. The van der Waals surface area contributed by atoms with E-state index < -0.39 is 12.0 Å². The standard InChI is InChI=1S/C6H7N3O2/c10-6(11)4-1-2-5-7-3-8-9(4)5/h3-4H,1-2H2,(H,10,11)/t4-/m0/s1. The van der Waals surface area contributed by atoms with Gasteiger partial charge in [0.25, 0.3) is 0 Å². The molecule has 0 spiro atoms. The highest BCUT2D eigenvalue weighted by atomic mass is 16.4. The minimum absolute atomic E-state index is 0.493. The summed E-state index contributed by atoms with van der Waals surface area (Å²) in [6.45, 7) is 0. The molecule has 2 heterocycles. The van der Waals surface area contributed by atoms with E-state index in [0.717, 1.165) is 12.2 Å². The molecule has 1 atom stereocenters. The molecule has 0 fully saturated rings. The van der Waals surface area contributed by atoms with E-state index in [1.807, 2.05) is 0 Å². The molecule has 0 aromatic carbocycles. The Labute approximate surface area is 62.7 Å². The number of aryl methyl sites for hydroxylation is 1. The number of carboxylic acid groups (broad SMARTS) is 1. The molecule has 5 heteroatoms. The summed E-state index contributed by atoms with van der Waals surface area (Å²) in [5.41, 5.74) is 0. The fourth-order valence-electron chi connectivity index (χ4n) is 1.33. The van der Waals surface area contributed by atoms with E-state index >= 15 is 0 Å². The highest BCUT2D eigenvalue weighted by Crippen LogP contribution is 2.22. The third-order valence-electron chi connectivity index (χ3n) is 1.87. The molecule has 5 nitrogen and oxygen atoms in total. The number of hydrogen-bond acceptors (Lipinski definition) is 3. The maximum atomic E-state index is 10.6. The third-order valence-corrected chi connectivity index (χ3v) is 1.87. The van der Waals surface area contributed by atoms with E-state index in [2.05, 4.69) is 10.1 Å². The van der Waals surface area contributed by atoms with Crippen LogP contribution in [-0.4, -0.2) is 25.8 Å². The zero-order chi connectivity index (χ0) is 7.84. The van der Waals surface area contributed by atoms with Gasteiger partial charge in [0.05, 0.1) is 0 Å². The topological polar surface area (TPSA) is 68.0 Å². The fraction of sp³-hybridized carbons (Fsp3) is 0.500. The van der Waals surface area contributed by atoms with Gasteiger partial charge in [0.15, 0.2) is 6.04 Å². The Morgan fingerprint density at radius 2 is 2.64 bits per heavy atom. The van der Waals surface area contributed by atoms with Crippen LogP contribution in [-0.2, 0) is 11.2 Å². The van der Waals surface area contributed by atoms with Crippen molar-refractivity contribution in [3.05, 3.63) is 12.2 Å². The van der Waals surface area contributed by atoms with E-state index in [1.54, 1.807) is 0 Å². The normalized spacial score (nSPS) is 21.6. The van der Waals surface area contributed by atoms with Crippen molar-refractivity contribution in [2.45, 2.75) is 18.9 Å². The summed E-state index contributed by atoms with van der Waals surface area (Å²) < 4.78 is 1.47. The molecule has 0 unspecified atom stereocenters. The van der Waals surface area contributed by atoms with Gasteiger partial charge >= 0.3 is 5.97 Å². The van der Waals surface area contributed by atoms with Crippen LogP contribution in [0.3, 0.4) is 0 Å². The first-order valence-electron chi connectivity index (χ1n) is 3.40. The lowest BCUT2D eigenvalue weighted by Crippen LogP contribution is -2.15. The minimum Gasteiger partial charge on any atom is -0.480 e. The molecule has 0 aliphatic carbocycles. The van der Waals surface area contributed by atoms with E-state index in [4.69, 9.17) is 5.11 Å². The molecule has 11 heavy (non-hydrogen) atoms. The molecule has 1 aromatic rings. The van der Waals surface area contributed by atoms with Crippen LogP contribution in [0.25, 0.3) is 0 Å². The molecular weight excluding hydrogens is 146 g/mol. The maximum absolute atomic E-state index is 10.6. The Bertz CT molecular complexity index is 294. The van der Waals surface area contributed by atoms with Crippen molar-refractivity contribution in [2.24, 2.45) is 0 Å². The van der Waals surface area contributed by atoms with Gasteiger partial charge in [-0.25, -0.2) is 14.5 Å². The van der Waals surface area contributed by atoms with Crippen LogP contribution in [0.1, 0.15) is 18.3 Å². The number of carbonyl (C=O) groups is 1. The summed E-state index contributed by atoms with van der Waals surface area (Å²) in [6, 6.07) is -0.493. The molecule has 2 rings (SSSR count). The second-order valence-electron chi connectivity index (χ2n) is 2.51. The first-order chi connectivity index (χ1) is 5.29. The van der Waals surface area contributed by atoms with Crippen molar-refractivity contribution in [2.75, 3.05) is 0 Å². The van der Waals surface area contributed by atoms with Crippen LogP contribution < -0.4 is 0 Å². The van der Waals surface area contributed by atoms with Crippen LogP contribution in [0.2, 0.25) is 0 Å². The van der Waals surface area contributed by atoms with Crippen molar-refractivity contribution in [3.8, 4) is 0 Å². The van der Waals surface area contributed by atoms with Crippen LogP contribution in [0.15, 0.2) is 6.33 Å². The van der Waals surface area contributed by atoms with Gasteiger partial charge < -0.3 is 5.11 Å². The molecule has 0 saturated heterocycles. The monoisotopic (exact) mass is 153 g/mol. The summed E-state index contributed by atoms with van der Waals surface area (Å²) in [5, 5.41) is 12.5. The molecule has 1 aliphatic heterocycles. The zero-order valence-electron chi connectivity index (χ0n) is 5.77. The second kappa shape index (κ2) is 2.05. The number of aromatic nitrogens is 3. The van der Waals surface area contributed by atoms with E-state index in [-0.39, 0.29) is 0 Å². The summed E-state index contributed by atoms with van der Waals surface area (Å²) in [6.07, 6.45) is 2.73. The Morgan fingerprint density at radius 1 is 1.82 bits per heavy atom. The lowest BCUT2D eigenvalue weighted by atomic mass is 10.2. The molecule has 58 valence electrons. The lowest BCUT2D eigenvalue weighted by Gasteiger charge is -2.02. The quantitative estimate of drug-likeness (QED) is 0.609. The third kappa shape index (κ3) is 0.806. The number of carboxylic acids is 1. The number of hydrogen-bond donors (Lipinski definition) is 1. The first kappa shape index (κ1) is 6.33. The van der Waals surface area contributed by atoms with Gasteiger partial charge in [-0.05, 0) is 6.42 Å². The largest absolute Gasteiger partial charge is 0.480 e. The molecule has 1 aliphatic rings. The molecule has 1 N–H and O–H groups in total. The van der Waals surface area contributed by atoms with E-state index in [0.29, 0.717) is 6.42 Å². The Hall–Kier alpha value is -1.39. The SMILES string of the molecule is O=C(O)[C@@H]1CCc2ncnn21. The van der Waals surface area contributed by atoms with Crippen molar-refractivity contribution in [3.63, 3.8) is 0 Å². The average Bonchev–Trinajstić information content (AvgIpc) is 2.41.